The largest absolute Gasteiger partial charge is 0.349 e. The molecule has 1 fully saturated rings. The molecule has 9 nitrogen and oxygen atoms in total. The van der Waals surface area contributed by atoms with Crippen molar-refractivity contribution in [2.24, 2.45) is 0 Å². The molecule has 2 aliphatic rings. The van der Waals surface area contributed by atoms with Crippen LogP contribution in [-0.4, -0.2) is 43.3 Å². The third-order valence-corrected chi connectivity index (χ3v) is 6.01. The predicted octanol–water partition coefficient (Wildman–Crippen LogP) is 2.68. The molecule has 5 heterocycles. The number of aromatic nitrogens is 5. The lowest BCUT2D eigenvalue weighted by Crippen LogP contribution is -2.34. The fourth-order valence-electron chi connectivity index (χ4n) is 4.48. The van der Waals surface area contributed by atoms with Gasteiger partial charge in [-0.2, -0.15) is 0 Å². The molecule has 3 aromatic heterocycles. The van der Waals surface area contributed by atoms with E-state index in [1.165, 1.54) is 12.1 Å². The van der Waals surface area contributed by atoms with Crippen LogP contribution in [0.2, 0.25) is 0 Å². The zero-order valence-corrected chi connectivity index (χ0v) is 18.1. The molecule has 2 aliphatic heterocycles. The number of hydrogen-bond acceptors (Lipinski definition) is 7. The molecule has 0 atom stereocenters. The second-order valence-corrected chi connectivity index (χ2v) is 8.20. The van der Waals surface area contributed by atoms with Crippen molar-refractivity contribution in [2.75, 3.05) is 18.5 Å². The zero-order valence-electron chi connectivity index (χ0n) is 18.1. The zero-order chi connectivity index (χ0) is 23.1. The molecule has 1 saturated heterocycles. The molecule has 1 aromatic carbocycles. The van der Waals surface area contributed by atoms with Crippen LogP contribution < -0.4 is 10.9 Å². The number of rotatable bonds is 5. The third kappa shape index (κ3) is 3.57. The van der Waals surface area contributed by atoms with Crippen LogP contribution in [0.15, 0.2) is 65.7 Å². The third-order valence-electron chi connectivity index (χ3n) is 6.01. The summed E-state index contributed by atoms with van der Waals surface area (Å²) in [5.74, 6) is -0.823. The lowest BCUT2D eigenvalue weighted by Gasteiger charge is -2.20. The average molecular weight is 460 g/mol. The first-order chi connectivity index (χ1) is 16.6. The smallest absolute Gasteiger partial charge is 0.275 e. The number of benzene rings is 1. The van der Waals surface area contributed by atoms with Gasteiger partial charge < -0.3 is 14.8 Å². The summed E-state index contributed by atoms with van der Waals surface area (Å²) >= 11 is 0. The van der Waals surface area contributed by atoms with E-state index in [-0.39, 0.29) is 17.9 Å². The summed E-state index contributed by atoms with van der Waals surface area (Å²) in [6.07, 6.45) is 3.36. The number of pyridine rings is 1. The van der Waals surface area contributed by atoms with Crippen LogP contribution in [-0.2, 0) is 29.1 Å². The van der Waals surface area contributed by atoms with Gasteiger partial charge in [0.2, 0.25) is 11.7 Å². The topological polar surface area (TPSA) is 96.1 Å². The lowest BCUT2D eigenvalue weighted by atomic mass is 10.0. The quantitative estimate of drug-likeness (QED) is 0.489. The van der Waals surface area contributed by atoms with Crippen molar-refractivity contribution >= 4 is 5.95 Å². The minimum Gasteiger partial charge on any atom is -0.349 e. The molecular weight excluding hydrogens is 439 g/mol. The Labute approximate surface area is 193 Å². The summed E-state index contributed by atoms with van der Waals surface area (Å²) in [5, 5.41) is 3.18. The minimum atomic E-state index is -0.859. The highest BCUT2D eigenvalue weighted by molar-refractivity contribution is 5.79. The van der Waals surface area contributed by atoms with Crippen molar-refractivity contribution in [1.82, 2.24) is 24.3 Å². The van der Waals surface area contributed by atoms with Gasteiger partial charge in [-0.05, 0) is 35.9 Å². The molecule has 1 N–H and O–H groups in total. The van der Waals surface area contributed by atoms with Crippen LogP contribution in [0.4, 0.5) is 10.3 Å². The average Bonchev–Trinajstić information content (AvgIpc) is 3.55. The van der Waals surface area contributed by atoms with Crippen LogP contribution in [0, 0.1) is 5.82 Å². The predicted molar refractivity (Wildman–Crippen MR) is 121 cm³/mol. The second kappa shape index (κ2) is 8.15. The van der Waals surface area contributed by atoms with E-state index in [4.69, 9.17) is 9.47 Å². The lowest BCUT2D eigenvalue weighted by molar-refractivity contribution is -0.158. The van der Waals surface area contributed by atoms with Gasteiger partial charge in [0, 0.05) is 12.4 Å². The number of halogens is 1. The molecule has 0 bridgehead atoms. The Balaban J connectivity index is 1.43. The molecule has 0 aliphatic carbocycles. The van der Waals surface area contributed by atoms with E-state index in [9.17, 15) is 9.18 Å². The van der Waals surface area contributed by atoms with Crippen LogP contribution in [0.3, 0.4) is 0 Å². The molecular formula is C24H21FN6O3. The van der Waals surface area contributed by atoms with Crippen molar-refractivity contribution in [3.8, 4) is 22.5 Å². The molecule has 0 radical (unpaired) electrons. The fourth-order valence-corrected chi connectivity index (χ4v) is 4.48. The Bertz CT molecular complexity index is 1390. The molecule has 6 rings (SSSR count). The van der Waals surface area contributed by atoms with Gasteiger partial charge in [-0.25, -0.2) is 19.0 Å². The molecule has 0 amide bonds. The normalized spacial score (nSPS) is 16.1. The van der Waals surface area contributed by atoms with Crippen molar-refractivity contribution in [3.63, 3.8) is 0 Å². The highest BCUT2D eigenvalue weighted by atomic mass is 19.1. The summed E-state index contributed by atoms with van der Waals surface area (Å²) < 4.78 is 28.8. The van der Waals surface area contributed by atoms with Gasteiger partial charge in [0.05, 0.1) is 55.5 Å². The number of ether oxygens (including phenoxy) is 2. The standard InChI is InChI=1S/C24H21FN6O3/c25-17-6-4-16(5-7-17)20-21(30-14-24(33-11-12-34-24)15-31(30)22(20)32)19-8-10-27-23(29-19)28-13-18-3-1-2-9-26-18/h1-10H,11-15H2,(H,27,28,29). The van der Waals surface area contributed by atoms with E-state index < -0.39 is 5.79 Å². The van der Waals surface area contributed by atoms with Crippen LogP contribution in [0.5, 0.6) is 0 Å². The number of hydrogen-bond donors (Lipinski definition) is 1. The minimum absolute atomic E-state index is 0.209. The molecule has 0 saturated carbocycles. The monoisotopic (exact) mass is 460 g/mol. The van der Waals surface area contributed by atoms with E-state index >= 15 is 0 Å². The molecule has 34 heavy (non-hydrogen) atoms. The van der Waals surface area contributed by atoms with Crippen molar-refractivity contribution < 1.29 is 13.9 Å². The maximum atomic E-state index is 13.6. The maximum absolute atomic E-state index is 13.6. The first-order valence-corrected chi connectivity index (χ1v) is 11.0. The van der Waals surface area contributed by atoms with E-state index in [1.54, 1.807) is 35.3 Å². The van der Waals surface area contributed by atoms with E-state index in [1.807, 2.05) is 22.9 Å². The van der Waals surface area contributed by atoms with Gasteiger partial charge >= 0.3 is 0 Å². The summed E-state index contributed by atoms with van der Waals surface area (Å²) in [6, 6.07) is 13.3. The summed E-state index contributed by atoms with van der Waals surface area (Å²) in [4.78, 5) is 26.9. The van der Waals surface area contributed by atoms with Gasteiger partial charge in [-0.3, -0.25) is 14.5 Å². The first-order valence-electron chi connectivity index (χ1n) is 11.0. The Morgan fingerprint density at radius 2 is 1.76 bits per heavy atom. The van der Waals surface area contributed by atoms with Gasteiger partial charge in [0.25, 0.3) is 5.56 Å². The number of anilines is 1. The summed E-state index contributed by atoms with van der Waals surface area (Å²) in [7, 11) is 0. The van der Waals surface area contributed by atoms with Gasteiger partial charge in [-0.1, -0.05) is 18.2 Å². The molecule has 10 heteroatoms. The van der Waals surface area contributed by atoms with Crippen molar-refractivity contribution in [1.29, 1.82) is 0 Å². The van der Waals surface area contributed by atoms with Gasteiger partial charge in [0.15, 0.2) is 0 Å². The van der Waals surface area contributed by atoms with E-state index in [2.05, 4.69) is 20.3 Å². The second-order valence-electron chi connectivity index (χ2n) is 8.20. The Morgan fingerprint density at radius 3 is 2.53 bits per heavy atom. The van der Waals surface area contributed by atoms with E-state index in [0.29, 0.717) is 54.8 Å². The summed E-state index contributed by atoms with van der Waals surface area (Å²) in [6.45, 7) is 2.03. The number of nitrogens with one attached hydrogen (secondary N) is 1. The molecule has 1 spiro atoms. The molecule has 172 valence electrons. The van der Waals surface area contributed by atoms with Crippen molar-refractivity contribution in [3.05, 3.63) is 82.8 Å². The van der Waals surface area contributed by atoms with Crippen LogP contribution >= 0.6 is 0 Å². The van der Waals surface area contributed by atoms with Gasteiger partial charge in [0.1, 0.15) is 5.82 Å². The van der Waals surface area contributed by atoms with Crippen molar-refractivity contribution in [2.45, 2.75) is 25.4 Å². The van der Waals surface area contributed by atoms with Crippen LogP contribution in [0.1, 0.15) is 5.69 Å². The van der Waals surface area contributed by atoms with E-state index in [0.717, 1.165) is 5.69 Å². The number of fused-ring (bicyclic) bond motifs is 1. The maximum Gasteiger partial charge on any atom is 0.275 e. The fraction of sp³-hybridized carbons (Fsp3) is 0.250. The molecule has 0 unspecified atom stereocenters. The molecule has 4 aromatic rings. The Morgan fingerprint density at radius 1 is 0.971 bits per heavy atom. The Kier molecular flexibility index (Phi) is 4.96. The highest BCUT2D eigenvalue weighted by Gasteiger charge is 2.46. The van der Waals surface area contributed by atoms with Crippen LogP contribution in [0.25, 0.3) is 22.5 Å². The first kappa shape index (κ1) is 20.7. The SMILES string of the molecule is O=c1c(-c2ccc(F)cc2)c(-c2ccnc(NCc3ccccn3)n2)n2n1CC1(C2)OCCO1. The van der Waals surface area contributed by atoms with Gasteiger partial charge in [-0.15, -0.1) is 0 Å². The number of nitrogens with zero attached hydrogens (tertiary/aromatic N) is 5. The summed E-state index contributed by atoms with van der Waals surface area (Å²) in [5.41, 5.74) is 2.86. The highest BCUT2D eigenvalue weighted by Crippen LogP contribution is 2.36. The Hall–Kier alpha value is -3.89.